The van der Waals surface area contributed by atoms with Crippen molar-refractivity contribution in [2.24, 2.45) is 16.8 Å². The van der Waals surface area contributed by atoms with Crippen LogP contribution >= 0.6 is 0 Å². The normalized spacial score (nSPS) is 35.4. The molecule has 0 radical (unpaired) electrons. The Morgan fingerprint density at radius 3 is 2.93 bits per heavy atom. The van der Waals surface area contributed by atoms with Gasteiger partial charge in [0.05, 0.1) is 5.70 Å². The second kappa shape index (κ2) is 3.08. The summed E-state index contributed by atoms with van der Waals surface area (Å²) in [7, 11) is 0. The molecular formula is C13H17N. The molecule has 1 fully saturated rings. The van der Waals surface area contributed by atoms with Crippen LogP contribution in [0, 0.1) is 11.8 Å². The lowest BCUT2D eigenvalue weighted by molar-refractivity contribution is 0.736. The van der Waals surface area contributed by atoms with E-state index in [4.69, 9.17) is 0 Å². The van der Waals surface area contributed by atoms with Crippen LogP contribution in [0.15, 0.2) is 27.9 Å². The zero-order valence-corrected chi connectivity index (χ0v) is 8.79. The first-order chi connectivity index (χ1) is 6.84. The largest absolute Gasteiger partial charge is 0.261 e. The van der Waals surface area contributed by atoms with Gasteiger partial charge in [-0.15, -0.1) is 0 Å². The molecule has 1 heteroatoms. The maximum Gasteiger partial charge on any atom is 0.0617 e. The minimum atomic E-state index is 0.904. The van der Waals surface area contributed by atoms with Crippen molar-refractivity contribution in [1.29, 1.82) is 0 Å². The topological polar surface area (TPSA) is 12.4 Å². The molecule has 1 heterocycles. The van der Waals surface area contributed by atoms with Gasteiger partial charge in [0, 0.05) is 6.21 Å². The van der Waals surface area contributed by atoms with Crippen LogP contribution in [0.3, 0.4) is 0 Å². The number of hydrogen-bond acceptors (Lipinski definition) is 1. The average molecular weight is 187 g/mol. The van der Waals surface area contributed by atoms with E-state index in [0.717, 1.165) is 18.3 Å². The quantitative estimate of drug-likeness (QED) is 0.596. The molecule has 0 aromatic rings. The van der Waals surface area contributed by atoms with Crippen molar-refractivity contribution in [3.8, 4) is 0 Å². The highest BCUT2D eigenvalue weighted by Gasteiger charge is 2.36. The van der Waals surface area contributed by atoms with Gasteiger partial charge in [0.2, 0.25) is 0 Å². The van der Waals surface area contributed by atoms with Gasteiger partial charge < -0.3 is 0 Å². The Kier molecular flexibility index (Phi) is 1.86. The highest BCUT2D eigenvalue weighted by atomic mass is 14.7. The van der Waals surface area contributed by atoms with Crippen molar-refractivity contribution in [2.45, 2.75) is 39.0 Å². The number of rotatable bonds is 1. The Morgan fingerprint density at radius 1 is 1.29 bits per heavy atom. The van der Waals surface area contributed by atoms with E-state index in [-0.39, 0.29) is 0 Å². The van der Waals surface area contributed by atoms with Crippen molar-refractivity contribution in [1.82, 2.24) is 0 Å². The Morgan fingerprint density at radius 2 is 2.14 bits per heavy atom. The number of allylic oxidation sites excluding steroid dienone is 3. The lowest BCUT2D eigenvalue weighted by atomic mass is 9.89. The summed E-state index contributed by atoms with van der Waals surface area (Å²) in [5, 5.41) is 0. The lowest BCUT2D eigenvalue weighted by Crippen LogP contribution is -2.04. The van der Waals surface area contributed by atoms with Gasteiger partial charge in [-0.05, 0) is 55.6 Å². The molecule has 0 saturated heterocycles. The Bertz CT molecular complexity index is 346. The Labute approximate surface area is 85.6 Å². The molecule has 2 unspecified atom stereocenters. The number of hydrogen-bond donors (Lipinski definition) is 0. The van der Waals surface area contributed by atoms with Crippen LogP contribution in [0.25, 0.3) is 0 Å². The molecular weight excluding hydrogens is 170 g/mol. The first kappa shape index (κ1) is 8.46. The van der Waals surface area contributed by atoms with E-state index >= 15 is 0 Å². The van der Waals surface area contributed by atoms with Gasteiger partial charge in [0.15, 0.2) is 0 Å². The zero-order valence-electron chi connectivity index (χ0n) is 8.79. The summed E-state index contributed by atoms with van der Waals surface area (Å²) < 4.78 is 0. The van der Waals surface area contributed by atoms with Gasteiger partial charge in [-0.3, -0.25) is 4.99 Å². The SMILES string of the molecule is CC1CC1C1=CC2=C(CCC=N2)CC1. The minimum absolute atomic E-state index is 0.904. The Balaban J connectivity index is 1.86. The molecule has 2 aliphatic carbocycles. The van der Waals surface area contributed by atoms with Crippen LogP contribution in [0.2, 0.25) is 0 Å². The molecule has 0 aromatic heterocycles. The fraction of sp³-hybridized carbons (Fsp3) is 0.615. The third kappa shape index (κ3) is 1.35. The van der Waals surface area contributed by atoms with Crippen molar-refractivity contribution in [3.63, 3.8) is 0 Å². The second-order valence-electron chi connectivity index (χ2n) is 4.88. The van der Waals surface area contributed by atoms with Crippen molar-refractivity contribution in [3.05, 3.63) is 22.9 Å². The molecule has 0 N–H and O–H groups in total. The summed E-state index contributed by atoms with van der Waals surface area (Å²) in [6.07, 6.45) is 10.9. The molecule has 3 rings (SSSR count). The maximum absolute atomic E-state index is 4.52. The Hall–Kier alpha value is -0.850. The summed E-state index contributed by atoms with van der Waals surface area (Å²) in [5.74, 6) is 1.84. The van der Waals surface area contributed by atoms with Crippen LogP contribution in [0.1, 0.15) is 39.0 Å². The predicted molar refractivity (Wildman–Crippen MR) is 59.3 cm³/mol. The fourth-order valence-electron chi connectivity index (χ4n) is 2.69. The molecule has 2 atom stereocenters. The summed E-state index contributed by atoms with van der Waals surface area (Å²) in [6.45, 7) is 2.36. The van der Waals surface area contributed by atoms with Crippen LogP contribution in [0.4, 0.5) is 0 Å². The monoisotopic (exact) mass is 187 g/mol. The first-order valence-corrected chi connectivity index (χ1v) is 5.79. The standard InChI is InChI=1S/C13H17N/c1-9-7-12(9)11-5-4-10-3-2-6-14-13(10)8-11/h6,8-9,12H,2-5,7H2,1H3. The van der Waals surface area contributed by atoms with E-state index in [1.807, 2.05) is 0 Å². The third-order valence-corrected chi connectivity index (χ3v) is 3.79. The van der Waals surface area contributed by atoms with Crippen LogP contribution in [-0.2, 0) is 0 Å². The lowest BCUT2D eigenvalue weighted by Gasteiger charge is -2.20. The van der Waals surface area contributed by atoms with Gasteiger partial charge in [0.25, 0.3) is 0 Å². The molecule has 0 aromatic carbocycles. The van der Waals surface area contributed by atoms with E-state index in [1.54, 1.807) is 11.1 Å². The smallest absolute Gasteiger partial charge is 0.0617 e. The van der Waals surface area contributed by atoms with E-state index in [1.165, 1.54) is 31.4 Å². The van der Waals surface area contributed by atoms with Crippen molar-refractivity contribution >= 4 is 6.21 Å². The van der Waals surface area contributed by atoms with Gasteiger partial charge in [-0.1, -0.05) is 12.5 Å². The summed E-state index contributed by atoms with van der Waals surface area (Å²) in [4.78, 5) is 4.52. The molecule has 0 amide bonds. The molecule has 3 aliphatic rings. The van der Waals surface area contributed by atoms with Crippen LogP contribution in [-0.4, -0.2) is 6.21 Å². The van der Waals surface area contributed by atoms with Gasteiger partial charge >= 0.3 is 0 Å². The summed E-state index contributed by atoms with van der Waals surface area (Å²) in [6, 6.07) is 0. The molecule has 74 valence electrons. The maximum atomic E-state index is 4.52. The van der Waals surface area contributed by atoms with Crippen molar-refractivity contribution < 1.29 is 0 Å². The van der Waals surface area contributed by atoms with Gasteiger partial charge in [-0.2, -0.15) is 0 Å². The molecule has 1 aliphatic heterocycles. The van der Waals surface area contributed by atoms with Crippen LogP contribution in [0.5, 0.6) is 0 Å². The third-order valence-electron chi connectivity index (χ3n) is 3.79. The highest BCUT2D eigenvalue weighted by Crippen LogP contribution is 2.47. The molecule has 14 heavy (non-hydrogen) atoms. The summed E-state index contributed by atoms with van der Waals surface area (Å²) >= 11 is 0. The van der Waals surface area contributed by atoms with E-state index in [0.29, 0.717) is 0 Å². The molecule has 1 nitrogen and oxygen atoms in total. The fourth-order valence-corrected chi connectivity index (χ4v) is 2.69. The van der Waals surface area contributed by atoms with Gasteiger partial charge in [0.1, 0.15) is 0 Å². The highest BCUT2D eigenvalue weighted by molar-refractivity contribution is 5.63. The first-order valence-electron chi connectivity index (χ1n) is 5.79. The molecule has 1 saturated carbocycles. The van der Waals surface area contributed by atoms with Gasteiger partial charge in [-0.25, -0.2) is 0 Å². The van der Waals surface area contributed by atoms with E-state index < -0.39 is 0 Å². The number of nitrogens with zero attached hydrogens (tertiary/aromatic N) is 1. The minimum Gasteiger partial charge on any atom is -0.261 e. The van der Waals surface area contributed by atoms with Crippen LogP contribution < -0.4 is 0 Å². The average Bonchev–Trinajstić information content (AvgIpc) is 2.95. The van der Waals surface area contributed by atoms with E-state index in [9.17, 15) is 0 Å². The molecule has 0 spiro atoms. The zero-order chi connectivity index (χ0) is 9.54. The van der Waals surface area contributed by atoms with E-state index in [2.05, 4.69) is 24.2 Å². The summed E-state index contributed by atoms with van der Waals surface area (Å²) in [5.41, 5.74) is 4.58. The van der Waals surface area contributed by atoms with Crippen molar-refractivity contribution in [2.75, 3.05) is 0 Å². The second-order valence-corrected chi connectivity index (χ2v) is 4.88. The predicted octanol–water partition coefficient (Wildman–Crippen LogP) is 3.48. The number of aliphatic imine (C=N–C) groups is 1. The molecule has 0 bridgehead atoms.